The molecule has 6 heteroatoms. The van der Waals surface area contributed by atoms with Crippen LogP contribution >= 0.6 is 0 Å². The molecule has 102 valence electrons. The molecule has 1 saturated heterocycles. The van der Waals surface area contributed by atoms with Gasteiger partial charge >= 0.3 is 5.97 Å². The summed E-state index contributed by atoms with van der Waals surface area (Å²) < 4.78 is 0. The minimum Gasteiger partial charge on any atom is -0.477 e. The molecule has 2 rings (SSSR count). The van der Waals surface area contributed by atoms with Crippen LogP contribution < -0.4 is 10.2 Å². The lowest BCUT2D eigenvalue weighted by atomic mass is 10.0. The number of nitrogens with zero attached hydrogens (tertiary/aromatic N) is 2. The van der Waals surface area contributed by atoms with Crippen LogP contribution in [0.3, 0.4) is 0 Å². The number of carbonyl (C=O) groups excluding carboxylic acids is 1. The first-order valence-electron chi connectivity index (χ1n) is 6.27. The summed E-state index contributed by atoms with van der Waals surface area (Å²) in [6.45, 7) is 3.19. The van der Waals surface area contributed by atoms with E-state index in [-0.39, 0.29) is 17.6 Å². The van der Waals surface area contributed by atoms with E-state index in [2.05, 4.69) is 15.2 Å². The highest BCUT2D eigenvalue weighted by Gasteiger charge is 2.20. The summed E-state index contributed by atoms with van der Waals surface area (Å²) in [6, 6.07) is 3.52. The molecule has 1 fully saturated rings. The van der Waals surface area contributed by atoms with Crippen molar-refractivity contribution in [3.8, 4) is 0 Å². The number of pyridine rings is 1. The van der Waals surface area contributed by atoms with Crippen LogP contribution in [-0.4, -0.2) is 41.1 Å². The van der Waals surface area contributed by atoms with E-state index in [0.29, 0.717) is 0 Å². The molecular weight excluding hydrogens is 246 g/mol. The van der Waals surface area contributed by atoms with Crippen molar-refractivity contribution in [3.63, 3.8) is 0 Å². The molecule has 0 unspecified atom stereocenters. The third-order valence-corrected chi connectivity index (χ3v) is 3.23. The van der Waals surface area contributed by atoms with Crippen molar-refractivity contribution in [2.24, 2.45) is 0 Å². The lowest BCUT2D eigenvalue weighted by Gasteiger charge is -2.33. The van der Waals surface area contributed by atoms with E-state index < -0.39 is 5.97 Å². The van der Waals surface area contributed by atoms with Crippen LogP contribution in [-0.2, 0) is 4.79 Å². The maximum Gasteiger partial charge on any atom is 0.354 e. The lowest BCUT2D eigenvalue weighted by Crippen LogP contribution is -2.44. The number of carboxylic acid groups (broad SMARTS) is 1. The van der Waals surface area contributed by atoms with Crippen molar-refractivity contribution in [3.05, 3.63) is 24.0 Å². The first kappa shape index (κ1) is 13.3. The molecule has 1 aromatic heterocycles. The second-order valence-corrected chi connectivity index (χ2v) is 4.67. The molecule has 0 saturated carbocycles. The Morgan fingerprint density at radius 3 is 2.53 bits per heavy atom. The number of anilines is 1. The third kappa shape index (κ3) is 3.43. The number of amides is 1. The van der Waals surface area contributed by atoms with Gasteiger partial charge in [-0.25, -0.2) is 9.78 Å². The van der Waals surface area contributed by atoms with Gasteiger partial charge in [-0.1, -0.05) is 0 Å². The van der Waals surface area contributed by atoms with Crippen molar-refractivity contribution in [2.75, 3.05) is 18.0 Å². The number of aromatic nitrogens is 1. The van der Waals surface area contributed by atoms with Gasteiger partial charge in [0.15, 0.2) is 0 Å². The van der Waals surface area contributed by atoms with Gasteiger partial charge in [0, 0.05) is 26.1 Å². The van der Waals surface area contributed by atoms with Crippen molar-refractivity contribution >= 4 is 17.6 Å². The number of hydrogen-bond acceptors (Lipinski definition) is 4. The minimum absolute atomic E-state index is 0.00549. The molecule has 0 spiro atoms. The van der Waals surface area contributed by atoms with Crippen LogP contribution in [0.4, 0.5) is 5.69 Å². The highest BCUT2D eigenvalue weighted by molar-refractivity contribution is 5.85. The fraction of sp³-hybridized carbons (Fsp3) is 0.462. The molecular formula is C13H17N3O3. The zero-order valence-corrected chi connectivity index (χ0v) is 10.8. The maximum absolute atomic E-state index is 11.0. The molecule has 1 amide bonds. The van der Waals surface area contributed by atoms with E-state index in [9.17, 15) is 9.59 Å². The SMILES string of the molecule is CC(=O)NC1CCN(c2ccc(C(=O)O)nc2)CC1. The number of nitrogens with one attached hydrogen (secondary N) is 1. The Morgan fingerprint density at radius 1 is 1.37 bits per heavy atom. The average molecular weight is 263 g/mol. The molecule has 2 N–H and O–H groups in total. The molecule has 0 radical (unpaired) electrons. The van der Waals surface area contributed by atoms with Gasteiger partial charge in [0.25, 0.3) is 0 Å². The van der Waals surface area contributed by atoms with E-state index in [1.54, 1.807) is 12.3 Å². The van der Waals surface area contributed by atoms with Gasteiger partial charge in [-0.3, -0.25) is 4.79 Å². The Labute approximate surface area is 111 Å². The first-order chi connectivity index (χ1) is 9.06. The molecule has 0 aliphatic carbocycles. The predicted molar refractivity (Wildman–Crippen MR) is 70.2 cm³/mol. The van der Waals surface area contributed by atoms with Gasteiger partial charge in [0.2, 0.25) is 5.91 Å². The molecule has 0 bridgehead atoms. The summed E-state index contributed by atoms with van der Waals surface area (Å²) in [5, 5.41) is 11.7. The summed E-state index contributed by atoms with van der Waals surface area (Å²) in [7, 11) is 0. The summed E-state index contributed by atoms with van der Waals surface area (Å²) in [4.78, 5) is 27.8. The molecule has 1 aromatic rings. The summed E-state index contributed by atoms with van der Waals surface area (Å²) in [5.41, 5.74) is 0.975. The second-order valence-electron chi connectivity index (χ2n) is 4.67. The van der Waals surface area contributed by atoms with E-state index >= 15 is 0 Å². The number of hydrogen-bond donors (Lipinski definition) is 2. The summed E-state index contributed by atoms with van der Waals surface area (Å²) in [5.74, 6) is -1.01. The molecule has 1 aliphatic rings. The van der Waals surface area contributed by atoms with E-state index in [1.165, 1.54) is 13.0 Å². The van der Waals surface area contributed by atoms with Gasteiger partial charge in [-0.2, -0.15) is 0 Å². The normalized spacial score (nSPS) is 16.2. The van der Waals surface area contributed by atoms with Crippen molar-refractivity contribution in [1.82, 2.24) is 10.3 Å². The smallest absolute Gasteiger partial charge is 0.354 e. The Kier molecular flexibility index (Phi) is 3.99. The highest BCUT2D eigenvalue weighted by atomic mass is 16.4. The number of carbonyl (C=O) groups is 2. The Hall–Kier alpha value is -2.11. The van der Waals surface area contributed by atoms with Crippen molar-refractivity contribution in [2.45, 2.75) is 25.8 Å². The van der Waals surface area contributed by atoms with E-state index in [4.69, 9.17) is 5.11 Å². The molecule has 0 aromatic carbocycles. The summed E-state index contributed by atoms with van der Waals surface area (Å²) in [6.07, 6.45) is 3.36. The van der Waals surface area contributed by atoms with Crippen LogP contribution in [0.25, 0.3) is 0 Å². The highest BCUT2D eigenvalue weighted by Crippen LogP contribution is 2.19. The molecule has 2 heterocycles. The molecule has 6 nitrogen and oxygen atoms in total. The Bertz CT molecular complexity index is 465. The quantitative estimate of drug-likeness (QED) is 0.846. The number of piperidine rings is 1. The van der Waals surface area contributed by atoms with Crippen LogP contribution in [0.5, 0.6) is 0 Å². The van der Waals surface area contributed by atoms with Gasteiger partial charge in [0.05, 0.1) is 11.9 Å². The lowest BCUT2D eigenvalue weighted by molar-refractivity contribution is -0.119. The van der Waals surface area contributed by atoms with Gasteiger partial charge in [-0.05, 0) is 25.0 Å². The van der Waals surface area contributed by atoms with Crippen LogP contribution in [0.15, 0.2) is 18.3 Å². The van der Waals surface area contributed by atoms with Gasteiger partial charge < -0.3 is 15.3 Å². The topological polar surface area (TPSA) is 82.5 Å². The maximum atomic E-state index is 11.0. The first-order valence-corrected chi connectivity index (χ1v) is 6.27. The third-order valence-electron chi connectivity index (χ3n) is 3.23. The number of rotatable bonds is 3. The Morgan fingerprint density at radius 2 is 2.05 bits per heavy atom. The average Bonchev–Trinajstić information content (AvgIpc) is 2.39. The Balaban J connectivity index is 1.94. The zero-order valence-electron chi connectivity index (χ0n) is 10.8. The van der Waals surface area contributed by atoms with Crippen LogP contribution in [0, 0.1) is 0 Å². The summed E-state index contributed by atoms with van der Waals surface area (Å²) >= 11 is 0. The largest absolute Gasteiger partial charge is 0.477 e. The number of carboxylic acids is 1. The second kappa shape index (κ2) is 5.69. The van der Waals surface area contributed by atoms with Crippen LogP contribution in [0.1, 0.15) is 30.3 Å². The fourth-order valence-corrected chi connectivity index (χ4v) is 2.27. The van der Waals surface area contributed by atoms with E-state index in [0.717, 1.165) is 31.6 Å². The van der Waals surface area contributed by atoms with Crippen molar-refractivity contribution in [1.29, 1.82) is 0 Å². The predicted octanol–water partition coefficient (Wildman–Crippen LogP) is 0.885. The molecule has 0 atom stereocenters. The fourth-order valence-electron chi connectivity index (χ4n) is 2.27. The van der Waals surface area contributed by atoms with E-state index in [1.807, 2.05) is 0 Å². The molecule has 19 heavy (non-hydrogen) atoms. The van der Waals surface area contributed by atoms with Crippen molar-refractivity contribution < 1.29 is 14.7 Å². The van der Waals surface area contributed by atoms with Gasteiger partial charge in [-0.15, -0.1) is 0 Å². The molecule has 1 aliphatic heterocycles. The minimum atomic E-state index is -1.02. The standard InChI is InChI=1S/C13H17N3O3/c1-9(17)15-10-4-6-16(7-5-10)11-2-3-12(13(18)19)14-8-11/h2-3,8,10H,4-7H2,1H3,(H,15,17)(H,18,19). The number of aromatic carboxylic acids is 1. The zero-order chi connectivity index (χ0) is 13.8. The van der Waals surface area contributed by atoms with Crippen LogP contribution in [0.2, 0.25) is 0 Å². The monoisotopic (exact) mass is 263 g/mol. The van der Waals surface area contributed by atoms with Gasteiger partial charge in [0.1, 0.15) is 5.69 Å².